The predicted molar refractivity (Wildman–Crippen MR) is 71.0 cm³/mol. The van der Waals surface area contributed by atoms with Crippen LogP contribution in [0.3, 0.4) is 0 Å². The first kappa shape index (κ1) is 12.1. The van der Waals surface area contributed by atoms with Crippen LogP contribution in [0.4, 0.5) is 0 Å². The van der Waals surface area contributed by atoms with Crippen molar-refractivity contribution in [2.45, 2.75) is 44.3 Å². The first-order valence-corrected chi connectivity index (χ1v) is 7.40. The number of hydrogen-bond acceptors (Lipinski definition) is 4. The third kappa shape index (κ3) is 2.74. The molecule has 5 heteroatoms. The van der Waals surface area contributed by atoms with Crippen molar-refractivity contribution in [3.63, 3.8) is 0 Å². The highest BCUT2D eigenvalue weighted by molar-refractivity contribution is 7.15. The molecule has 18 heavy (non-hydrogen) atoms. The molecule has 2 aromatic rings. The molecule has 98 valence electrons. The normalized spacial score (nSPS) is 22.4. The second-order valence-electron chi connectivity index (χ2n) is 4.91. The molecule has 2 unspecified atom stereocenters. The maximum atomic E-state index is 10.1. The van der Waals surface area contributed by atoms with Gasteiger partial charge in [-0.2, -0.15) is 0 Å². The molecule has 0 aliphatic carbocycles. The van der Waals surface area contributed by atoms with E-state index >= 15 is 0 Å². The molecule has 0 amide bonds. The first-order valence-electron chi connectivity index (χ1n) is 6.52. The number of aliphatic hydroxyl groups excluding tert-OH is 1. The van der Waals surface area contributed by atoms with Gasteiger partial charge in [0.2, 0.25) is 0 Å². The molecule has 0 bridgehead atoms. The van der Waals surface area contributed by atoms with E-state index in [4.69, 9.17) is 4.74 Å². The van der Waals surface area contributed by atoms with E-state index in [0.717, 1.165) is 36.5 Å². The Morgan fingerprint density at radius 2 is 2.50 bits per heavy atom. The van der Waals surface area contributed by atoms with Crippen molar-refractivity contribution in [2.24, 2.45) is 0 Å². The minimum atomic E-state index is -0.349. The molecule has 0 saturated carbocycles. The quantitative estimate of drug-likeness (QED) is 0.923. The minimum absolute atomic E-state index is 0.234. The van der Waals surface area contributed by atoms with Gasteiger partial charge in [-0.15, -0.1) is 11.3 Å². The van der Waals surface area contributed by atoms with E-state index in [9.17, 15) is 5.11 Å². The molecule has 2 atom stereocenters. The molecule has 1 aliphatic rings. The van der Waals surface area contributed by atoms with Crippen LogP contribution in [0.2, 0.25) is 0 Å². The Labute approximate surface area is 110 Å². The van der Waals surface area contributed by atoms with Gasteiger partial charge in [-0.05, 0) is 25.7 Å². The molecule has 1 fully saturated rings. The molecule has 4 nitrogen and oxygen atoms in total. The van der Waals surface area contributed by atoms with Gasteiger partial charge in [0.1, 0.15) is 0 Å². The molecule has 0 aromatic carbocycles. The molecule has 2 aromatic heterocycles. The summed E-state index contributed by atoms with van der Waals surface area (Å²) >= 11 is 1.62. The van der Waals surface area contributed by atoms with E-state index < -0.39 is 0 Å². The smallest absolute Gasteiger partial charge is 0.193 e. The lowest BCUT2D eigenvalue weighted by molar-refractivity contribution is -0.0149. The molecule has 1 N–H and O–H groups in total. The van der Waals surface area contributed by atoms with Crippen LogP contribution in [-0.2, 0) is 11.2 Å². The monoisotopic (exact) mass is 266 g/mol. The van der Waals surface area contributed by atoms with Gasteiger partial charge < -0.3 is 9.84 Å². The summed E-state index contributed by atoms with van der Waals surface area (Å²) in [6.07, 6.45) is 8.68. The van der Waals surface area contributed by atoms with Gasteiger partial charge in [0.25, 0.3) is 0 Å². The number of aromatic nitrogens is 2. The zero-order valence-electron chi connectivity index (χ0n) is 10.3. The summed E-state index contributed by atoms with van der Waals surface area (Å²) < 4.78 is 7.65. The predicted octanol–water partition coefficient (Wildman–Crippen LogP) is 2.26. The van der Waals surface area contributed by atoms with E-state index in [0.29, 0.717) is 6.42 Å². The standard InChI is InChI=1S/C13H18N2O2S/c16-11(8-12-3-1-2-5-17-12)7-10-9-15-4-6-18-13(15)14-10/h4,6,9,11-12,16H,1-3,5,7-8H2. The second-order valence-corrected chi connectivity index (χ2v) is 5.78. The fourth-order valence-electron chi connectivity index (χ4n) is 2.50. The molecule has 3 heterocycles. The Morgan fingerprint density at radius 1 is 1.56 bits per heavy atom. The molecule has 1 saturated heterocycles. The van der Waals surface area contributed by atoms with Crippen molar-refractivity contribution >= 4 is 16.3 Å². The Bertz CT molecular complexity index is 473. The van der Waals surface area contributed by atoms with Crippen molar-refractivity contribution in [1.82, 2.24) is 9.38 Å². The third-order valence-corrected chi connectivity index (χ3v) is 4.17. The summed E-state index contributed by atoms with van der Waals surface area (Å²) in [7, 11) is 0. The maximum Gasteiger partial charge on any atom is 0.193 e. The lowest BCUT2D eigenvalue weighted by Gasteiger charge is -2.24. The molecule has 0 radical (unpaired) electrons. The third-order valence-electron chi connectivity index (χ3n) is 3.40. The lowest BCUT2D eigenvalue weighted by atomic mass is 10.0. The summed E-state index contributed by atoms with van der Waals surface area (Å²) in [4.78, 5) is 5.48. The van der Waals surface area contributed by atoms with E-state index in [1.165, 1.54) is 6.42 Å². The van der Waals surface area contributed by atoms with Crippen LogP contribution in [0.25, 0.3) is 4.96 Å². The molecular formula is C13H18N2O2S. The summed E-state index contributed by atoms with van der Waals surface area (Å²) in [6, 6.07) is 0. The van der Waals surface area contributed by atoms with Gasteiger partial charge in [-0.1, -0.05) is 0 Å². The van der Waals surface area contributed by atoms with Crippen LogP contribution in [-0.4, -0.2) is 33.3 Å². The zero-order chi connectivity index (χ0) is 12.4. The van der Waals surface area contributed by atoms with Gasteiger partial charge in [-0.25, -0.2) is 4.98 Å². The average molecular weight is 266 g/mol. The van der Waals surface area contributed by atoms with Crippen LogP contribution >= 0.6 is 11.3 Å². The molecule has 1 aliphatic heterocycles. The highest BCUT2D eigenvalue weighted by Gasteiger charge is 2.19. The van der Waals surface area contributed by atoms with E-state index in [1.54, 1.807) is 11.3 Å². The molecule has 0 spiro atoms. The van der Waals surface area contributed by atoms with E-state index in [1.807, 2.05) is 22.2 Å². The average Bonchev–Trinajstić information content (AvgIpc) is 2.90. The van der Waals surface area contributed by atoms with Crippen LogP contribution in [0.5, 0.6) is 0 Å². The van der Waals surface area contributed by atoms with Gasteiger partial charge in [0.15, 0.2) is 4.96 Å². The number of fused-ring (bicyclic) bond motifs is 1. The number of hydrogen-bond donors (Lipinski definition) is 1. The van der Waals surface area contributed by atoms with Crippen molar-refractivity contribution in [2.75, 3.05) is 6.61 Å². The van der Waals surface area contributed by atoms with Crippen LogP contribution in [0, 0.1) is 0 Å². The van der Waals surface area contributed by atoms with Gasteiger partial charge in [0, 0.05) is 30.8 Å². The van der Waals surface area contributed by atoms with E-state index in [2.05, 4.69) is 4.98 Å². The SMILES string of the molecule is OC(Cc1cn2ccsc2n1)CC1CCCCO1. The Kier molecular flexibility index (Phi) is 3.63. The van der Waals surface area contributed by atoms with Crippen molar-refractivity contribution < 1.29 is 9.84 Å². The number of aliphatic hydroxyl groups is 1. The summed E-state index contributed by atoms with van der Waals surface area (Å²) in [5.41, 5.74) is 0.963. The van der Waals surface area contributed by atoms with Gasteiger partial charge in [-0.3, -0.25) is 4.40 Å². The van der Waals surface area contributed by atoms with Crippen LogP contribution in [0.1, 0.15) is 31.4 Å². The number of rotatable bonds is 4. The number of imidazole rings is 1. The Balaban J connectivity index is 1.56. The first-order chi connectivity index (χ1) is 8.81. The fourth-order valence-corrected chi connectivity index (χ4v) is 3.21. The van der Waals surface area contributed by atoms with E-state index in [-0.39, 0.29) is 12.2 Å². The van der Waals surface area contributed by atoms with Gasteiger partial charge in [0.05, 0.1) is 17.9 Å². The Hall–Kier alpha value is -0.910. The fraction of sp³-hybridized carbons (Fsp3) is 0.615. The topological polar surface area (TPSA) is 46.8 Å². The van der Waals surface area contributed by atoms with Crippen LogP contribution < -0.4 is 0 Å². The summed E-state index contributed by atoms with van der Waals surface area (Å²) in [5.74, 6) is 0. The lowest BCUT2D eigenvalue weighted by Crippen LogP contribution is -2.25. The van der Waals surface area contributed by atoms with Crippen molar-refractivity contribution in [3.05, 3.63) is 23.5 Å². The van der Waals surface area contributed by atoms with Crippen LogP contribution in [0.15, 0.2) is 17.8 Å². The number of ether oxygens (including phenoxy) is 1. The zero-order valence-corrected chi connectivity index (χ0v) is 11.1. The molecule has 3 rings (SSSR count). The number of nitrogens with zero attached hydrogens (tertiary/aromatic N) is 2. The minimum Gasteiger partial charge on any atom is -0.393 e. The number of thiazole rings is 1. The van der Waals surface area contributed by atoms with Crippen molar-refractivity contribution in [1.29, 1.82) is 0 Å². The second kappa shape index (κ2) is 5.38. The Morgan fingerprint density at radius 3 is 3.28 bits per heavy atom. The highest BCUT2D eigenvalue weighted by Crippen LogP contribution is 2.19. The largest absolute Gasteiger partial charge is 0.393 e. The summed E-state index contributed by atoms with van der Waals surface area (Å²) in [6.45, 7) is 0.845. The molecular weight excluding hydrogens is 248 g/mol. The van der Waals surface area contributed by atoms with Gasteiger partial charge >= 0.3 is 0 Å². The summed E-state index contributed by atoms with van der Waals surface area (Å²) in [5, 5.41) is 12.1. The maximum absolute atomic E-state index is 10.1. The van der Waals surface area contributed by atoms with Crippen molar-refractivity contribution in [3.8, 4) is 0 Å². The highest BCUT2D eigenvalue weighted by atomic mass is 32.1.